The van der Waals surface area contributed by atoms with Crippen LogP contribution in [0.25, 0.3) is 0 Å². The normalized spacial score (nSPS) is 28.9. The van der Waals surface area contributed by atoms with Gasteiger partial charge >= 0.3 is 26.2 Å². The Bertz CT molecular complexity index is 601. The first kappa shape index (κ1) is 34.6. The minimum absolute atomic E-state index is 0. The third kappa shape index (κ3) is 16.2. The Morgan fingerprint density at radius 1 is 0.484 bits per heavy atom. The van der Waals surface area contributed by atoms with Crippen molar-refractivity contribution in [2.24, 2.45) is 16.2 Å². The van der Waals surface area contributed by atoms with Gasteiger partial charge in [-0.15, -0.1) is 0 Å². The second kappa shape index (κ2) is 13.4. The molecule has 0 N–H and O–H groups in total. The SMILES string of the molecule is CC1(C)COP(=S)([S-])OC1.CC1(C)COP(=S)([S-])OC1.CC1(C)COP(=S)([S-])OC1.[Bi+3]. The molecule has 3 fully saturated rings. The predicted molar refractivity (Wildman–Crippen MR) is 148 cm³/mol. The van der Waals surface area contributed by atoms with E-state index < -0.39 is 17.1 Å². The van der Waals surface area contributed by atoms with Crippen molar-refractivity contribution in [1.82, 2.24) is 0 Å². The molecule has 0 aliphatic carbocycles. The van der Waals surface area contributed by atoms with Crippen molar-refractivity contribution in [2.75, 3.05) is 39.6 Å². The van der Waals surface area contributed by atoms with Crippen LogP contribution >= 0.6 is 17.1 Å². The summed E-state index contributed by atoms with van der Waals surface area (Å²) in [6.07, 6.45) is 0. The number of hydrogen-bond donors (Lipinski definition) is 0. The Hall–Kier alpha value is 3.64. The van der Waals surface area contributed by atoms with Gasteiger partial charge in [-0.2, -0.15) is 0 Å². The summed E-state index contributed by atoms with van der Waals surface area (Å²) >= 11 is 29.3. The summed E-state index contributed by atoms with van der Waals surface area (Å²) in [4.78, 5) is 0. The van der Waals surface area contributed by atoms with E-state index in [4.69, 9.17) is 99.3 Å². The van der Waals surface area contributed by atoms with Crippen molar-refractivity contribution in [3.63, 3.8) is 0 Å². The molecule has 3 rings (SSSR count). The van der Waals surface area contributed by atoms with E-state index in [2.05, 4.69) is 41.5 Å². The van der Waals surface area contributed by atoms with Crippen molar-refractivity contribution >= 4 is 115 Å². The molecule has 3 heterocycles. The molecule has 16 heteroatoms. The van der Waals surface area contributed by atoms with Crippen molar-refractivity contribution in [3.05, 3.63) is 0 Å². The molecule has 3 aliphatic heterocycles. The molecular formula is C15H30BiO6P3S6. The Morgan fingerprint density at radius 2 is 0.613 bits per heavy atom. The zero-order valence-corrected chi connectivity index (χ0v) is 29.5. The smallest absolute Gasteiger partial charge is 0.691 e. The van der Waals surface area contributed by atoms with Gasteiger partial charge in [0.2, 0.25) is 0 Å². The van der Waals surface area contributed by atoms with Gasteiger partial charge in [-0.3, -0.25) is 0 Å². The third-order valence-corrected chi connectivity index (χ3v) is 10.1. The second-order valence-corrected chi connectivity index (χ2v) is 24.4. The molecule has 0 aromatic carbocycles. The molecule has 2 radical (unpaired) electrons. The monoisotopic (exact) mass is 800 g/mol. The first-order valence-corrected chi connectivity index (χ1v) is 20.0. The van der Waals surface area contributed by atoms with Crippen molar-refractivity contribution in [2.45, 2.75) is 41.5 Å². The van der Waals surface area contributed by atoms with Crippen molar-refractivity contribution in [1.29, 1.82) is 0 Å². The Labute approximate surface area is 237 Å². The van der Waals surface area contributed by atoms with E-state index in [0.717, 1.165) is 0 Å². The molecule has 0 amide bonds. The standard InChI is InChI=1S/3C5H11O2PS2.Bi/c3*1-5(2)3-6-8(9,10)7-4-5;/h3*3-4H2,1-2H3,(H,9,10);/q;;;+3/p-3. The number of hydrogen-bond acceptors (Lipinski definition) is 12. The maximum atomic E-state index is 5.20. The summed E-state index contributed by atoms with van der Waals surface area (Å²) < 4.78 is 31.2. The van der Waals surface area contributed by atoms with E-state index in [1.807, 2.05) is 0 Å². The molecule has 31 heavy (non-hydrogen) atoms. The van der Waals surface area contributed by atoms with Crippen LogP contribution in [0.2, 0.25) is 0 Å². The van der Waals surface area contributed by atoms with E-state index in [-0.39, 0.29) is 42.4 Å². The van der Waals surface area contributed by atoms with Crippen LogP contribution in [-0.4, -0.2) is 65.8 Å². The van der Waals surface area contributed by atoms with Gasteiger partial charge in [0.15, 0.2) is 0 Å². The van der Waals surface area contributed by atoms with Crippen LogP contribution in [0.1, 0.15) is 41.5 Å². The summed E-state index contributed by atoms with van der Waals surface area (Å²) in [5, 5.41) is 0. The second-order valence-electron chi connectivity index (χ2n) is 9.47. The van der Waals surface area contributed by atoms with Gasteiger partial charge in [0.25, 0.3) is 0 Å². The average Bonchev–Trinajstić information content (AvgIpc) is 2.59. The molecule has 182 valence electrons. The third-order valence-electron chi connectivity index (χ3n) is 3.68. The van der Waals surface area contributed by atoms with Crippen LogP contribution in [0.3, 0.4) is 0 Å². The fourth-order valence-corrected chi connectivity index (χ4v) is 6.93. The fourth-order valence-electron chi connectivity index (χ4n) is 1.76. The fraction of sp³-hybridized carbons (Fsp3) is 1.00. The first-order chi connectivity index (χ1) is 13.2. The minimum Gasteiger partial charge on any atom is -0.691 e. The summed E-state index contributed by atoms with van der Waals surface area (Å²) in [5.41, 5.74) is -6.50. The molecule has 0 spiro atoms. The van der Waals surface area contributed by atoms with Crippen molar-refractivity contribution in [3.8, 4) is 0 Å². The van der Waals surface area contributed by atoms with Gasteiger partial charge in [-0.1, -0.05) is 77.0 Å². The first-order valence-electron chi connectivity index (χ1n) is 9.04. The maximum Gasteiger partial charge on any atom is 3.00 e. The summed E-state index contributed by atoms with van der Waals surface area (Å²) in [6.45, 7) is 16.2. The molecule has 0 bridgehead atoms. The minimum atomic E-state index is -2.25. The molecule has 0 aromatic heterocycles. The van der Waals surface area contributed by atoms with Crippen LogP contribution in [0.15, 0.2) is 0 Å². The summed E-state index contributed by atoms with van der Waals surface area (Å²) in [6, 6.07) is 0. The largest absolute Gasteiger partial charge is 3.00 e. The summed E-state index contributed by atoms with van der Waals surface area (Å²) in [5.74, 6) is 0. The molecule has 0 aromatic rings. The van der Waals surface area contributed by atoms with Crippen LogP contribution < -0.4 is 0 Å². The predicted octanol–water partition coefficient (Wildman–Crippen LogP) is 5.11. The van der Waals surface area contributed by atoms with Crippen LogP contribution in [-0.2, 0) is 99.3 Å². The van der Waals surface area contributed by atoms with E-state index in [1.54, 1.807) is 0 Å². The zero-order chi connectivity index (χ0) is 23.5. The van der Waals surface area contributed by atoms with Gasteiger partial charge < -0.3 is 63.9 Å². The molecule has 3 aliphatic rings. The molecular weight excluding hydrogens is 770 g/mol. The number of rotatable bonds is 0. The molecule has 0 atom stereocenters. The van der Waals surface area contributed by atoms with Gasteiger partial charge in [0, 0.05) is 16.2 Å². The van der Waals surface area contributed by atoms with Gasteiger partial charge in [0.05, 0.1) is 56.7 Å². The van der Waals surface area contributed by atoms with E-state index in [1.165, 1.54) is 0 Å². The molecule has 0 unspecified atom stereocenters. The zero-order valence-electron chi connectivity index (χ0n) is 18.4. The van der Waals surface area contributed by atoms with Crippen LogP contribution in [0.4, 0.5) is 0 Å². The molecule has 3 saturated heterocycles. The van der Waals surface area contributed by atoms with Gasteiger partial charge in [-0.05, 0) is 0 Å². The van der Waals surface area contributed by atoms with Crippen LogP contribution in [0.5, 0.6) is 0 Å². The average molecular weight is 801 g/mol. The molecule has 0 saturated carbocycles. The Kier molecular flexibility index (Phi) is 15.0. The topological polar surface area (TPSA) is 55.4 Å². The Balaban J connectivity index is 0.000000429. The van der Waals surface area contributed by atoms with E-state index in [0.29, 0.717) is 39.6 Å². The maximum absolute atomic E-state index is 5.20. The summed E-state index contributed by atoms with van der Waals surface area (Å²) in [7, 11) is 0. The molecule has 6 nitrogen and oxygen atoms in total. The van der Waals surface area contributed by atoms with Crippen LogP contribution in [0, 0.1) is 16.2 Å². The van der Waals surface area contributed by atoms with E-state index >= 15 is 0 Å². The van der Waals surface area contributed by atoms with E-state index in [9.17, 15) is 0 Å². The van der Waals surface area contributed by atoms with Gasteiger partial charge in [0.1, 0.15) is 0 Å². The van der Waals surface area contributed by atoms with Crippen molar-refractivity contribution < 1.29 is 27.1 Å². The Morgan fingerprint density at radius 3 is 0.710 bits per heavy atom. The quantitative estimate of drug-likeness (QED) is 0.186. The van der Waals surface area contributed by atoms with Gasteiger partial charge in [-0.25, -0.2) is 0 Å².